The van der Waals surface area contributed by atoms with E-state index < -0.39 is 0 Å². The molecule has 0 spiro atoms. The summed E-state index contributed by atoms with van der Waals surface area (Å²) in [6, 6.07) is 0.575. The summed E-state index contributed by atoms with van der Waals surface area (Å²) in [6.45, 7) is 7.46. The van der Waals surface area contributed by atoms with E-state index in [0.717, 1.165) is 13.2 Å². The maximum Gasteiger partial charge on any atom is 0.0700 e. The Balaban J connectivity index is 3.02. The fourth-order valence-corrected chi connectivity index (χ4v) is 1.68. The molecule has 0 saturated heterocycles. The molecule has 0 aliphatic heterocycles. The first kappa shape index (κ1) is 14.2. The van der Waals surface area contributed by atoms with Crippen LogP contribution in [0.15, 0.2) is 0 Å². The van der Waals surface area contributed by atoms with E-state index in [1.807, 2.05) is 11.8 Å². The van der Waals surface area contributed by atoms with Crippen molar-refractivity contribution in [2.45, 2.75) is 19.9 Å². The minimum Gasteiger partial charge on any atom is -0.382 e. The summed E-state index contributed by atoms with van der Waals surface area (Å²) < 4.78 is 10.2. The van der Waals surface area contributed by atoms with E-state index >= 15 is 0 Å². The quantitative estimate of drug-likeness (QED) is 0.565. The van der Waals surface area contributed by atoms with Crippen molar-refractivity contribution < 1.29 is 9.47 Å². The van der Waals surface area contributed by atoms with Gasteiger partial charge >= 0.3 is 0 Å². The van der Waals surface area contributed by atoms with Crippen LogP contribution in [0.3, 0.4) is 0 Å². The highest BCUT2D eigenvalue weighted by atomic mass is 32.2. The van der Waals surface area contributed by atoms with Crippen molar-refractivity contribution in [1.29, 1.82) is 0 Å². The first-order valence-electron chi connectivity index (χ1n) is 5.19. The van der Waals surface area contributed by atoms with Crippen LogP contribution in [0.1, 0.15) is 13.8 Å². The van der Waals surface area contributed by atoms with Crippen LogP contribution in [0.2, 0.25) is 0 Å². The van der Waals surface area contributed by atoms with Gasteiger partial charge in [0.05, 0.1) is 19.8 Å². The Hall–Kier alpha value is 0.230. The van der Waals surface area contributed by atoms with E-state index in [4.69, 9.17) is 9.47 Å². The summed E-state index contributed by atoms with van der Waals surface area (Å²) in [5.74, 6) is 2.37. The molecule has 0 aliphatic rings. The number of thioether (sulfide) groups is 1. The molecule has 0 aromatic carbocycles. The lowest BCUT2D eigenvalue weighted by Crippen LogP contribution is -2.31. The second-order valence-corrected chi connectivity index (χ2v) is 4.44. The predicted octanol–water partition coefficient (Wildman–Crippen LogP) is 1.38. The van der Waals surface area contributed by atoms with Crippen molar-refractivity contribution in [2.24, 2.45) is 0 Å². The van der Waals surface area contributed by atoms with E-state index in [2.05, 4.69) is 19.2 Å². The molecule has 1 atom stereocenters. The van der Waals surface area contributed by atoms with Crippen LogP contribution < -0.4 is 5.32 Å². The fourth-order valence-electron chi connectivity index (χ4n) is 0.975. The molecule has 0 saturated carbocycles. The number of hydrogen-bond acceptors (Lipinski definition) is 4. The van der Waals surface area contributed by atoms with Crippen LogP contribution in [-0.4, -0.2) is 51.0 Å². The average Bonchev–Trinajstić information content (AvgIpc) is 2.20. The van der Waals surface area contributed by atoms with E-state index in [1.165, 1.54) is 11.5 Å². The minimum absolute atomic E-state index is 0.575. The number of nitrogens with one attached hydrogen (secondary N) is 1. The van der Waals surface area contributed by atoms with E-state index in [0.29, 0.717) is 19.3 Å². The average molecular weight is 221 g/mol. The zero-order valence-electron chi connectivity index (χ0n) is 9.54. The number of hydrogen-bond donors (Lipinski definition) is 1. The van der Waals surface area contributed by atoms with Gasteiger partial charge in [0.15, 0.2) is 0 Å². The van der Waals surface area contributed by atoms with Gasteiger partial charge in [0.25, 0.3) is 0 Å². The van der Waals surface area contributed by atoms with Crippen molar-refractivity contribution in [2.75, 3.05) is 45.0 Å². The minimum atomic E-state index is 0.575. The van der Waals surface area contributed by atoms with E-state index in [9.17, 15) is 0 Å². The van der Waals surface area contributed by atoms with Gasteiger partial charge in [-0.2, -0.15) is 11.8 Å². The molecule has 0 heterocycles. The molecule has 86 valence electrons. The molecule has 0 bridgehead atoms. The molecular formula is C10H23NO2S. The molecule has 0 rings (SSSR count). The zero-order chi connectivity index (χ0) is 10.6. The molecule has 1 unspecified atom stereocenters. The van der Waals surface area contributed by atoms with Gasteiger partial charge in [-0.25, -0.2) is 0 Å². The molecular weight excluding hydrogens is 198 g/mol. The second kappa shape index (κ2) is 11.3. The molecule has 0 aromatic heterocycles. The standard InChI is InChI=1S/C10H23NO2S/c1-4-14-9-10(2)11-5-6-13-8-7-12-3/h10-11H,4-9H2,1-3H3. The molecule has 0 radical (unpaired) electrons. The van der Waals surface area contributed by atoms with E-state index in [-0.39, 0.29) is 0 Å². The highest BCUT2D eigenvalue weighted by Crippen LogP contribution is 2.00. The highest BCUT2D eigenvalue weighted by molar-refractivity contribution is 7.99. The Labute approximate surface area is 91.9 Å². The molecule has 0 amide bonds. The lowest BCUT2D eigenvalue weighted by molar-refractivity contribution is 0.0714. The largest absolute Gasteiger partial charge is 0.382 e. The molecule has 3 nitrogen and oxygen atoms in total. The third-order valence-electron chi connectivity index (χ3n) is 1.74. The Morgan fingerprint density at radius 1 is 1.29 bits per heavy atom. The summed E-state index contributed by atoms with van der Waals surface area (Å²) in [5, 5.41) is 3.41. The SMILES string of the molecule is CCSCC(C)NCCOCCOC. The fraction of sp³-hybridized carbons (Fsp3) is 1.00. The van der Waals surface area contributed by atoms with Gasteiger partial charge in [0, 0.05) is 25.4 Å². The monoisotopic (exact) mass is 221 g/mol. The van der Waals surface area contributed by atoms with Gasteiger partial charge in [-0.1, -0.05) is 6.92 Å². The molecule has 0 fully saturated rings. The second-order valence-electron chi connectivity index (χ2n) is 3.12. The maximum atomic E-state index is 5.33. The summed E-state index contributed by atoms with van der Waals surface area (Å²) in [4.78, 5) is 0. The van der Waals surface area contributed by atoms with Gasteiger partial charge < -0.3 is 14.8 Å². The first-order valence-corrected chi connectivity index (χ1v) is 6.34. The third-order valence-corrected chi connectivity index (χ3v) is 2.89. The highest BCUT2D eigenvalue weighted by Gasteiger charge is 1.99. The smallest absolute Gasteiger partial charge is 0.0700 e. The molecule has 0 aromatic rings. The summed E-state index contributed by atoms with van der Waals surface area (Å²) in [7, 11) is 1.69. The zero-order valence-corrected chi connectivity index (χ0v) is 10.4. The summed E-state index contributed by atoms with van der Waals surface area (Å²) in [5.41, 5.74) is 0. The topological polar surface area (TPSA) is 30.5 Å². The van der Waals surface area contributed by atoms with Gasteiger partial charge in [0.2, 0.25) is 0 Å². The lowest BCUT2D eigenvalue weighted by atomic mass is 10.4. The van der Waals surface area contributed by atoms with Gasteiger partial charge in [-0.15, -0.1) is 0 Å². The predicted molar refractivity (Wildman–Crippen MR) is 63.2 cm³/mol. The van der Waals surface area contributed by atoms with Gasteiger partial charge in [0.1, 0.15) is 0 Å². The van der Waals surface area contributed by atoms with Crippen LogP contribution in [0.25, 0.3) is 0 Å². The Morgan fingerprint density at radius 3 is 2.71 bits per heavy atom. The van der Waals surface area contributed by atoms with Crippen LogP contribution >= 0.6 is 11.8 Å². The van der Waals surface area contributed by atoms with Gasteiger partial charge in [-0.05, 0) is 12.7 Å². The van der Waals surface area contributed by atoms with Crippen LogP contribution in [-0.2, 0) is 9.47 Å². The van der Waals surface area contributed by atoms with Gasteiger partial charge in [-0.3, -0.25) is 0 Å². The van der Waals surface area contributed by atoms with Crippen molar-refractivity contribution in [1.82, 2.24) is 5.32 Å². The first-order chi connectivity index (χ1) is 6.81. The van der Waals surface area contributed by atoms with Crippen molar-refractivity contribution >= 4 is 11.8 Å². The Morgan fingerprint density at radius 2 is 2.07 bits per heavy atom. The van der Waals surface area contributed by atoms with Crippen molar-refractivity contribution in [3.63, 3.8) is 0 Å². The molecule has 1 N–H and O–H groups in total. The Bertz CT molecular complexity index is 114. The number of rotatable bonds is 10. The maximum absolute atomic E-state index is 5.33. The molecule has 14 heavy (non-hydrogen) atoms. The molecule has 4 heteroatoms. The summed E-state index contributed by atoms with van der Waals surface area (Å²) >= 11 is 1.96. The Kier molecular flexibility index (Phi) is 11.5. The summed E-state index contributed by atoms with van der Waals surface area (Å²) in [6.07, 6.45) is 0. The normalized spacial score (nSPS) is 13.1. The number of ether oxygens (including phenoxy) is 2. The van der Waals surface area contributed by atoms with Crippen LogP contribution in [0, 0.1) is 0 Å². The van der Waals surface area contributed by atoms with Crippen molar-refractivity contribution in [3.8, 4) is 0 Å². The van der Waals surface area contributed by atoms with Crippen molar-refractivity contribution in [3.05, 3.63) is 0 Å². The van der Waals surface area contributed by atoms with Crippen LogP contribution in [0.4, 0.5) is 0 Å². The van der Waals surface area contributed by atoms with E-state index in [1.54, 1.807) is 7.11 Å². The molecule has 0 aliphatic carbocycles. The lowest BCUT2D eigenvalue weighted by Gasteiger charge is -2.12. The number of methoxy groups -OCH3 is 1. The van der Waals surface area contributed by atoms with Crippen LogP contribution in [0.5, 0.6) is 0 Å². The third kappa shape index (κ3) is 10.3.